The van der Waals surface area contributed by atoms with E-state index in [1.165, 1.54) is 6.21 Å². The van der Waals surface area contributed by atoms with Gasteiger partial charge in [0, 0.05) is 17.1 Å². The summed E-state index contributed by atoms with van der Waals surface area (Å²) in [6.45, 7) is 3.94. The van der Waals surface area contributed by atoms with Gasteiger partial charge in [0.05, 0.1) is 23.0 Å². The minimum absolute atomic E-state index is 0.0683. The van der Waals surface area contributed by atoms with Gasteiger partial charge in [0.15, 0.2) is 0 Å². The molecule has 0 amide bonds. The molecular formula is C21H17F6N3. The maximum Gasteiger partial charge on any atom is 0.416 e. The number of rotatable bonds is 4. The number of hydrogen-bond donors (Lipinski definition) is 1. The number of halogens is 6. The first-order valence-corrected chi connectivity index (χ1v) is 8.79. The molecule has 3 rings (SSSR count). The molecule has 0 radical (unpaired) electrons. The second kappa shape index (κ2) is 7.89. The molecule has 0 aliphatic heterocycles. The average molecular weight is 425 g/mol. The summed E-state index contributed by atoms with van der Waals surface area (Å²) in [5.74, 6) is 0. The quantitative estimate of drug-likeness (QED) is 0.286. The summed E-state index contributed by atoms with van der Waals surface area (Å²) in [5, 5.41) is 3.77. The van der Waals surface area contributed by atoms with Gasteiger partial charge in [-0.1, -0.05) is 12.1 Å². The average Bonchev–Trinajstić information content (AvgIpc) is 2.99. The lowest BCUT2D eigenvalue weighted by molar-refractivity contribution is -0.143. The summed E-state index contributed by atoms with van der Waals surface area (Å²) in [7, 11) is 0. The van der Waals surface area contributed by atoms with Crippen LogP contribution in [0.15, 0.2) is 59.7 Å². The smallest absolute Gasteiger partial charge is 0.319 e. The van der Waals surface area contributed by atoms with Gasteiger partial charge in [-0.3, -0.25) is 5.43 Å². The van der Waals surface area contributed by atoms with Gasteiger partial charge in [-0.25, -0.2) is 0 Å². The molecule has 30 heavy (non-hydrogen) atoms. The van der Waals surface area contributed by atoms with E-state index < -0.39 is 29.2 Å². The zero-order valence-corrected chi connectivity index (χ0v) is 15.9. The number of aromatic nitrogens is 1. The first-order valence-electron chi connectivity index (χ1n) is 8.79. The van der Waals surface area contributed by atoms with Crippen LogP contribution < -0.4 is 5.43 Å². The molecule has 3 nitrogen and oxygen atoms in total. The fourth-order valence-corrected chi connectivity index (χ4v) is 2.99. The van der Waals surface area contributed by atoms with Crippen molar-refractivity contribution in [2.45, 2.75) is 26.2 Å². The van der Waals surface area contributed by atoms with E-state index in [4.69, 9.17) is 0 Å². The number of nitrogens with one attached hydrogen (secondary N) is 1. The maximum absolute atomic E-state index is 12.9. The van der Waals surface area contributed by atoms with Crippen molar-refractivity contribution in [2.75, 3.05) is 5.43 Å². The second-order valence-electron chi connectivity index (χ2n) is 6.71. The molecule has 0 aliphatic rings. The van der Waals surface area contributed by atoms with Crippen LogP contribution in [0.2, 0.25) is 0 Å². The normalized spacial score (nSPS) is 12.5. The summed E-state index contributed by atoms with van der Waals surface area (Å²) in [5.41, 5.74) is 2.68. The maximum atomic E-state index is 12.9. The molecule has 0 unspecified atom stereocenters. The fourth-order valence-electron chi connectivity index (χ4n) is 2.99. The lowest BCUT2D eigenvalue weighted by atomic mass is 10.1. The van der Waals surface area contributed by atoms with E-state index in [0.29, 0.717) is 17.7 Å². The Kier molecular flexibility index (Phi) is 5.65. The van der Waals surface area contributed by atoms with Crippen molar-refractivity contribution in [1.29, 1.82) is 0 Å². The highest BCUT2D eigenvalue weighted by molar-refractivity contribution is 5.80. The number of hydrazone groups is 1. The summed E-state index contributed by atoms with van der Waals surface area (Å²) in [6, 6.07) is 12.4. The minimum Gasteiger partial charge on any atom is -0.319 e. The van der Waals surface area contributed by atoms with Crippen molar-refractivity contribution < 1.29 is 26.3 Å². The van der Waals surface area contributed by atoms with Crippen molar-refractivity contribution in [3.63, 3.8) is 0 Å². The van der Waals surface area contributed by atoms with Crippen molar-refractivity contribution in [3.05, 3.63) is 82.7 Å². The lowest BCUT2D eigenvalue weighted by Crippen LogP contribution is -2.11. The Bertz CT molecular complexity index is 1010. The number of aryl methyl sites for hydroxylation is 2. The van der Waals surface area contributed by atoms with Gasteiger partial charge >= 0.3 is 12.4 Å². The van der Waals surface area contributed by atoms with E-state index >= 15 is 0 Å². The lowest BCUT2D eigenvalue weighted by Gasteiger charge is -2.13. The van der Waals surface area contributed by atoms with Crippen molar-refractivity contribution in [3.8, 4) is 5.69 Å². The Morgan fingerprint density at radius 1 is 0.767 bits per heavy atom. The SMILES string of the molecule is Cc1ccc(C)n1-c1ccc(/C=N/Nc2cc(C(F)(F)F)cc(C(F)(F)F)c2)cc1. The van der Waals surface area contributed by atoms with Crippen LogP contribution in [-0.2, 0) is 12.4 Å². The van der Waals surface area contributed by atoms with Crippen LogP contribution in [0.25, 0.3) is 5.69 Å². The molecule has 0 bridgehead atoms. The van der Waals surface area contributed by atoms with Gasteiger partial charge in [-0.05, 0) is 61.9 Å². The molecule has 0 atom stereocenters. The van der Waals surface area contributed by atoms with Crippen LogP contribution >= 0.6 is 0 Å². The zero-order valence-electron chi connectivity index (χ0n) is 15.9. The van der Waals surface area contributed by atoms with Gasteiger partial charge in [-0.15, -0.1) is 0 Å². The summed E-state index contributed by atoms with van der Waals surface area (Å²) < 4.78 is 79.4. The highest BCUT2D eigenvalue weighted by Gasteiger charge is 2.36. The number of hydrogen-bond acceptors (Lipinski definition) is 2. The fraction of sp³-hybridized carbons (Fsp3) is 0.190. The van der Waals surface area contributed by atoms with E-state index in [1.54, 1.807) is 12.1 Å². The molecule has 2 aromatic carbocycles. The molecular weight excluding hydrogens is 408 g/mol. The van der Waals surface area contributed by atoms with Crippen LogP contribution in [0, 0.1) is 13.8 Å². The van der Waals surface area contributed by atoms with Gasteiger partial charge in [0.2, 0.25) is 0 Å². The Morgan fingerprint density at radius 2 is 1.27 bits per heavy atom. The Labute approximate surface area is 168 Å². The first kappa shape index (κ1) is 21.5. The van der Waals surface area contributed by atoms with Gasteiger partial charge < -0.3 is 4.57 Å². The topological polar surface area (TPSA) is 29.3 Å². The molecule has 158 valence electrons. The monoisotopic (exact) mass is 425 g/mol. The van der Waals surface area contributed by atoms with Crippen LogP contribution in [-0.4, -0.2) is 10.8 Å². The van der Waals surface area contributed by atoms with Crippen LogP contribution in [0.1, 0.15) is 28.1 Å². The third-order valence-corrected chi connectivity index (χ3v) is 4.42. The third kappa shape index (κ3) is 4.84. The number of anilines is 1. The van der Waals surface area contributed by atoms with Crippen molar-refractivity contribution in [2.24, 2.45) is 5.10 Å². The molecule has 9 heteroatoms. The van der Waals surface area contributed by atoms with Crippen LogP contribution in [0.4, 0.5) is 32.0 Å². The summed E-state index contributed by atoms with van der Waals surface area (Å²) in [4.78, 5) is 0. The standard InChI is InChI=1S/C21H17F6N3/c1-13-3-4-14(2)30(13)19-7-5-15(6-8-19)12-28-29-18-10-16(20(22,23)24)9-17(11-18)21(25,26)27/h3-12,29H,1-2H3/b28-12+. The van der Waals surface area contributed by atoms with Crippen LogP contribution in [0.3, 0.4) is 0 Å². The van der Waals surface area contributed by atoms with Crippen molar-refractivity contribution in [1.82, 2.24) is 4.57 Å². The highest BCUT2D eigenvalue weighted by Crippen LogP contribution is 2.37. The molecule has 1 aromatic heterocycles. The Morgan fingerprint density at radius 3 is 1.73 bits per heavy atom. The molecule has 0 saturated heterocycles. The Balaban J connectivity index is 1.79. The highest BCUT2D eigenvalue weighted by atomic mass is 19.4. The molecule has 0 spiro atoms. The number of benzene rings is 2. The van der Waals surface area contributed by atoms with E-state index in [0.717, 1.165) is 17.1 Å². The summed E-state index contributed by atoms with van der Waals surface area (Å²) >= 11 is 0. The molecule has 0 fully saturated rings. The minimum atomic E-state index is -4.91. The van der Waals surface area contributed by atoms with E-state index in [1.807, 2.05) is 42.7 Å². The molecule has 1 heterocycles. The summed E-state index contributed by atoms with van der Waals surface area (Å²) in [6.07, 6.45) is -8.51. The predicted molar refractivity (Wildman–Crippen MR) is 103 cm³/mol. The molecule has 1 N–H and O–H groups in total. The zero-order chi connectivity index (χ0) is 22.1. The second-order valence-corrected chi connectivity index (χ2v) is 6.71. The predicted octanol–water partition coefficient (Wildman–Crippen LogP) is 6.58. The molecule has 0 aliphatic carbocycles. The van der Waals surface area contributed by atoms with Gasteiger partial charge in [0.1, 0.15) is 0 Å². The van der Waals surface area contributed by atoms with E-state index in [2.05, 4.69) is 10.5 Å². The van der Waals surface area contributed by atoms with E-state index in [9.17, 15) is 26.3 Å². The first-order chi connectivity index (χ1) is 13.9. The largest absolute Gasteiger partial charge is 0.416 e. The number of nitrogens with zero attached hydrogens (tertiary/aromatic N) is 2. The van der Waals surface area contributed by atoms with E-state index in [-0.39, 0.29) is 6.07 Å². The Hall–Kier alpha value is -3.23. The van der Waals surface area contributed by atoms with Gasteiger partial charge in [0.25, 0.3) is 0 Å². The number of alkyl halides is 6. The third-order valence-electron chi connectivity index (χ3n) is 4.42. The van der Waals surface area contributed by atoms with Crippen molar-refractivity contribution >= 4 is 11.9 Å². The molecule has 0 saturated carbocycles. The van der Waals surface area contributed by atoms with Crippen LogP contribution in [0.5, 0.6) is 0 Å². The van der Waals surface area contributed by atoms with Gasteiger partial charge in [-0.2, -0.15) is 31.4 Å². The molecule has 3 aromatic rings.